The molecular formula is C14H21FN2. The summed E-state index contributed by atoms with van der Waals surface area (Å²) in [5.41, 5.74) is 7.51. The molecule has 1 aromatic rings. The maximum Gasteiger partial charge on any atom is 0.125 e. The summed E-state index contributed by atoms with van der Waals surface area (Å²) in [5.74, 6) is -0.240. The minimum absolute atomic E-state index is 0.240. The zero-order chi connectivity index (χ0) is 12.5. The molecule has 1 saturated heterocycles. The van der Waals surface area contributed by atoms with Gasteiger partial charge >= 0.3 is 0 Å². The summed E-state index contributed by atoms with van der Waals surface area (Å²) in [7, 11) is 0. The lowest BCUT2D eigenvalue weighted by molar-refractivity contribution is 0.111. The number of hydrogen-bond donors (Lipinski definition) is 1. The molecule has 0 aliphatic carbocycles. The number of hydrogen-bond acceptors (Lipinski definition) is 2. The molecule has 2 rings (SSSR count). The molecule has 1 aromatic carbocycles. The summed E-state index contributed by atoms with van der Waals surface area (Å²) < 4.78 is 13.2. The number of anilines is 1. The highest BCUT2D eigenvalue weighted by atomic mass is 19.1. The van der Waals surface area contributed by atoms with Crippen molar-refractivity contribution in [1.29, 1.82) is 0 Å². The van der Waals surface area contributed by atoms with E-state index in [4.69, 9.17) is 5.73 Å². The predicted molar refractivity (Wildman–Crippen MR) is 69.1 cm³/mol. The Labute approximate surface area is 103 Å². The topological polar surface area (TPSA) is 29.3 Å². The Bertz CT molecular complexity index is 381. The zero-order valence-electron chi connectivity index (χ0n) is 10.7. The van der Waals surface area contributed by atoms with Gasteiger partial charge in [0.15, 0.2) is 0 Å². The van der Waals surface area contributed by atoms with Crippen molar-refractivity contribution in [2.24, 2.45) is 5.41 Å². The van der Waals surface area contributed by atoms with E-state index in [0.717, 1.165) is 25.2 Å². The lowest BCUT2D eigenvalue weighted by Gasteiger charge is -2.38. The van der Waals surface area contributed by atoms with Crippen LogP contribution in [0.25, 0.3) is 0 Å². The van der Waals surface area contributed by atoms with Crippen LogP contribution in [0.4, 0.5) is 10.1 Å². The van der Waals surface area contributed by atoms with Crippen LogP contribution in [0.1, 0.15) is 32.3 Å². The summed E-state index contributed by atoms with van der Waals surface area (Å²) >= 11 is 0. The van der Waals surface area contributed by atoms with E-state index in [2.05, 4.69) is 18.7 Å². The van der Waals surface area contributed by atoms with Gasteiger partial charge in [-0.05, 0) is 48.6 Å². The number of rotatable bonds is 2. The van der Waals surface area contributed by atoms with Crippen LogP contribution in [0.2, 0.25) is 0 Å². The lowest BCUT2D eigenvalue weighted by Crippen LogP contribution is -2.39. The Morgan fingerprint density at radius 3 is 2.76 bits per heavy atom. The summed E-state index contributed by atoms with van der Waals surface area (Å²) in [4.78, 5) is 2.39. The molecule has 0 bridgehead atoms. The first kappa shape index (κ1) is 12.4. The molecule has 0 atom stereocenters. The Morgan fingerprint density at radius 2 is 2.12 bits per heavy atom. The van der Waals surface area contributed by atoms with Crippen molar-refractivity contribution in [3.8, 4) is 0 Å². The van der Waals surface area contributed by atoms with Gasteiger partial charge in [0.25, 0.3) is 0 Å². The van der Waals surface area contributed by atoms with Gasteiger partial charge in [-0.3, -0.25) is 4.90 Å². The van der Waals surface area contributed by atoms with Gasteiger partial charge in [-0.25, -0.2) is 4.39 Å². The number of nitrogens with zero attached hydrogens (tertiary/aromatic N) is 1. The highest BCUT2D eigenvalue weighted by molar-refractivity contribution is 5.41. The van der Waals surface area contributed by atoms with Crippen LogP contribution < -0.4 is 5.73 Å². The first-order valence-corrected chi connectivity index (χ1v) is 6.22. The standard InChI is InChI=1S/C14H21FN2/c1-14(2)4-3-5-17(10-14)9-11-6-12(15)8-13(16)7-11/h6-8H,3-5,9-10,16H2,1-2H3. The first-order valence-electron chi connectivity index (χ1n) is 6.22. The minimum Gasteiger partial charge on any atom is -0.399 e. The van der Waals surface area contributed by atoms with Crippen LogP contribution in [0.15, 0.2) is 18.2 Å². The van der Waals surface area contributed by atoms with Gasteiger partial charge < -0.3 is 5.73 Å². The molecule has 1 heterocycles. The van der Waals surface area contributed by atoms with E-state index in [1.165, 1.54) is 18.9 Å². The van der Waals surface area contributed by atoms with E-state index in [-0.39, 0.29) is 5.82 Å². The summed E-state index contributed by atoms with van der Waals surface area (Å²) in [6, 6.07) is 4.81. The average Bonchev–Trinajstić information content (AvgIpc) is 2.13. The monoisotopic (exact) mass is 236 g/mol. The van der Waals surface area contributed by atoms with Crippen molar-refractivity contribution >= 4 is 5.69 Å². The van der Waals surface area contributed by atoms with Crippen LogP contribution in [0.5, 0.6) is 0 Å². The van der Waals surface area contributed by atoms with Gasteiger partial charge in [-0.2, -0.15) is 0 Å². The summed E-state index contributed by atoms with van der Waals surface area (Å²) in [5, 5.41) is 0. The third kappa shape index (κ3) is 3.43. The Balaban J connectivity index is 2.05. The quantitative estimate of drug-likeness (QED) is 0.800. The molecule has 0 saturated carbocycles. The number of nitrogens with two attached hydrogens (primary N) is 1. The normalized spacial score (nSPS) is 20.4. The maximum absolute atomic E-state index is 13.2. The van der Waals surface area contributed by atoms with Crippen LogP contribution in [-0.4, -0.2) is 18.0 Å². The third-order valence-electron chi connectivity index (χ3n) is 3.37. The number of halogens is 1. The van der Waals surface area contributed by atoms with Crippen molar-refractivity contribution in [3.63, 3.8) is 0 Å². The Morgan fingerprint density at radius 1 is 1.35 bits per heavy atom. The Kier molecular flexibility index (Phi) is 3.38. The van der Waals surface area contributed by atoms with Crippen LogP contribution >= 0.6 is 0 Å². The molecule has 3 heteroatoms. The van der Waals surface area contributed by atoms with Gasteiger partial charge in [-0.1, -0.05) is 13.8 Å². The second-order valence-corrected chi connectivity index (χ2v) is 5.87. The highest BCUT2D eigenvalue weighted by Crippen LogP contribution is 2.29. The van der Waals surface area contributed by atoms with Gasteiger partial charge in [-0.15, -0.1) is 0 Å². The molecule has 0 radical (unpaired) electrons. The highest BCUT2D eigenvalue weighted by Gasteiger charge is 2.26. The number of benzene rings is 1. The molecule has 17 heavy (non-hydrogen) atoms. The van der Waals surface area contributed by atoms with E-state index in [0.29, 0.717) is 11.1 Å². The maximum atomic E-state index is 13.2. The van der Waals surface area contributed by atoms with Gasteiger partial charge in [0.05, 0.1) is 0 Å². The van der Waals surface area contributed by atoms with E-state index < -0.39 is 0 Å². The Hall–Kier alpha value is -1.09. The zero-order valence-corrected chi connectivity index (χ0v) is 10.7. The van der Waals surface area contributed by atoms with Crippen molar-refractivity contribution < 1.29 is 4.39 Å². The van der Waals surface area contributed by atoms with Crippen molar-refractivity contribution in [1.82, 2.24) is 4.90 Å². The average molecular weight is 236 g/mol. The molecule has 1 fully saturated rings. The molecule has 0 spiro atoms. The minimum atomic E-state index is -0.240. The fraction of sp³-hybridized carbons (Fsp3) is 0.571. The van der Waals surface area contributed by atoms with Crippen molar-refractivity contribution in [3.05, 3.63) is 29.6 Å². The van der Waals surface area contributed by atoms with E-state index in [1.807, 2.05) is 6.07 Å². The molecule has 1 aliphatic rings. The first-order chi connectivity index (χ1) is 7.94. The summed E-state index contributed by atoms with van der Waals surface area (Å²) in [6.07, 6.45) is 2.49. The van der Waals surface area contributed by atoms with E-state index >= 15 is 0 Å². The van der Waals surface area contributed by atoms with Crippen LogP contribution in [0, 0.1) is 11.2 Å². The van der Waals surface area contributed by atoms with Crippen LogP contribution in [0.3, 0.4) is 0 Å². The second kappa shape index (κ2) is 4.65. The molecular weight excluding hydrogens is 215 g/mol. The van der Waals surface area contributed by atoms with E-state index in [1.54, 1.807) is 6.07 Å². The molecule has 94 valence electrons. The lowest BCUT2D eigenvalue weighted by atomic mass is 9.84. The molecule has 0 aromatic heterocycles. The van der Waals surface area contributed by atoms with Gasteiger partial charge in [0.2, 0.25) is 0 Å². The van der Waals surface area contributed by atoms with E-state index in [9.17, 15) is 4.39 Å². The SMILES string of the molecule is CC1(C)CCCN(Cc2cc(N)cc(F)c2)C1. The number of likely N-dealkylation sites (tertiary alicyclic amines) is 1. The van der Waals surface area contributed by atoms with Gasteiger partial charge in [0.1, 0.15) is 5.82 Å². The molecule has 0 unspecified atom stereocenters. The molecule has 2 N–H and O–H groups in total. The smallest absolute Gasteiger partial charge is 0.125 e. The third-order valence-corrected chi connectivity index (χ3v) is 3.37. The molecule has 1 aliphatic heterocycles. The van der Waals surface area contributed by atoms with Gasteiger partial charge in [0, 0.05) is 18.8 Å². The summed E-state index contributed by atoms with van der Waals surface area (Å²) in [6.45, 7) is 7.55. The number of nitrogen functional groups attached to an aromatic ring is 1. The fourth-order valence-corrected chi connectivity index (χ4v) is 2.70. The largest absolute Gasteiger partial charge is 0.399 e. The predicted octanol–water partition coefficient (Wildman–Crippen LogP) is 3.03. The molecule has 0 amide bonds. The van der Waals surface area contributed by atoms with Crippen molar-refractivity contribution in [2.75, 3.05) is 18.8 Å². The van der Waals surface area contributed by atoms with Crippen molar-refractivity contribution in [2.45, 2.75) is 33.2 Å². The fourth-order valence-electron chi connectivity index (χ4n) is 2.70. The second-order valence-electron chi connectivity index (χ2n) is 5.87. The molecule has 2 nitrogen and oxygen atoms in total. The van der Waals surface area contributed by atoms with Crippen LogP contribution in [-0.2, 0) is 6.54 Å². The number of piperidine rings is 1.